The molecular formula is C13H24N4. The second-order valence-electron chi connectivity index (χ2n) is 5.17. The zero-order chi connectivity index (χ0) is 12.1. The Morgan fingerprint density at radius 1 is 1.29 bits per heavy atom. The number of rotatable bonds is 4. The minimum absolute atomic E-state index is 0.514. The summed E-state index contributed by atoms with van der Waals surface area (Å²) >= 11 is 0. The lowest BCUT2D eigenvalue weighted by molar-refractivity contribution is 0.582. The van der Waals surface area contributed by atoms with Crippen molar-refractivity contribution in [1.29, 1.82) is 0 Å². The molecule has 0 unspecified atom stereocenters. The van der Waals surface area contributed by atoms with Crippen LogP contribution in [-0.4, -0.2) is 29.1 Å². The maximum atomic E-state index is 4.49. The predicted molar refractivity (Wildman–Crippen MR) is 71.2 cm³/mol. The molecule has 2 N–H and O–H groups in total. The smallest absolute Gasteiger partial charge is 0.202 e. The van der Waals surface area contributed by atoms with Gasteiger partial charge in [-0.05, 0) is 12.8 Å². The first-order valence-corrected chi connectivity index (χ1v) is 6.78. The summed E-state index contributed by atoms with van der Waals surface area (Å²) in [5.41, 5.74) is 1.18. The molecule has 1 aliphatic rings. The predicted octanol–water partition coefficient (Wildman–Crippen LogP) is 2.29. The molecule has 1 aromatic heterocycles. The third-order valence-electron chi connectivity index (χ3n) is 3.22. The van der Waals surface area contributed by atoms with Crippen LogP contribution in [0.5, 0.6) is 0 Å². The van der Waals surface area contributed by atoms with E-state index in [9.17, 15) is 0 Å². The van der Waals surface area contributed by atoms with Crippen molar-refractivity contribution in [3.05, 3.63) is 11.9 Å². The number of H-pyrrole nitrogens is 1. The molecular weight excluding hydrogens is 212 g/mol. The summed E-state index contributed by atoms with van der Waals surface area (Å²) in [6, 6.07) is 0.514. The van der Waals surface area contributed by atoms with E-state index in [4.69, 9.17) is 0 Å². The van der Waals surface area contributed by atoms with Gasteiger partial charge in [-0.3, -0.25) is 0 Å². The molecule has 0 spiro atoms. The van der Waals surface area contributed by atoms with Crippen LogP contribution in [0.25, 0.3) is 0 Å². The van der Waals surface area contributed by atoms with Crippen molar-refractivity contribution in [3.63, 3.8) is 0 Å². The summed E-state index contributed by atoms with van der Waals surface area (Å²) in [7, 11) is 0. The van der Waals surface area contributed by atoms with Crippen LogP contribution in [0.1, 0.15) is 45.2 Å². The van der Waals surface area contributed by atoms with Crippen LogP contribution >= 0.6 is 0 Å². The lowest BCUT2D eigenvalue weighted by Gasteiger charge is -2.18. The topological polar surface area (TPSA) is 44.0 Å². The van der Waals surface area contributed by atoms with Crippen molar-refractivity contribution >= 4 is 5.95 Å². The Labute approximate surface area is 104 Å². The molecule has 0 aromatic carbocycles. The molecule has 0 saturated carbocycles. The van der Waals surface area contributed by atoms with Gasteiger partial charge in [0, 0.05) is 25.7 Å². The van der Waals surface area contributed by atoms with Gasteiger partial charge in [-0.1, -0.05) is 26.7 Å². The maximum Gasteiger partial charge on any atom is 0.202 e. The van der Waals surface area contributed by atoms with Crippen LogP contribution in [0.4, 0.5) is 5.95 Å². The summed E-state index contributed by atoms with van der Waals surface area (Å²) in [6.07, 6.45) is 7.26. The Kier molecular flexibility index (Phi) is 4.42. The van der Waals surface area contributed by atoms with Gasteiger partial charge in [0.05, 0.1) is 11.9 Å². The maximum absolute atomic E-state index is 4.49. The number of hydrogen-bond acceptors (Lipinski definition) is 3. The summed E-state index contributed by atoms with van der Waals surface area (Å²) in [5.74, 6) is 1.05. The van der Waals surface area contributed by atoms with Crippen LogP contribution in [-0.2, 0) is 6.54 Å². The lowest BCUT2D eigenvalue weighted by atomic mass is 10.2. The molecule has 0 aliphatic carbocycles. The fourth-order valence-electron chi connectivity index (χ4n) is 2.19. The number of aromatic nitrogens is 2. The Morgan fingerprint density at radius 2 is 2.00 bits per heavy atom. The van der Waals surface area contributed by atoms with E-state index in [1.807, 2.05) is 6.20 Å². The van der Waals surface area contributed by atoms with Crippen LogP contribution in [0, 0.1) is 0 Å². The van der Waals surface area contributed by atoms with Crippen LogP contribution in [0.3, 0.4) is 0 Å². The Morgan fingerprint density at radius 3 is 2.65 bits per heavy atom. The number of nitrogens with zero attached hydrogens (tertiary/aromatic N) is 2. The molecule has 0 amide bonds. The highest BCUT2D eigenvalue weighted by atomic mass is 15.3. The van der Waals surface area contributed by atoms with Crippen molar-refractivity contribution in [1.82, 2.24) is 15.3 Å². The van der Waals surface area contributed by atoms with Gasteiger partial charge in [0.15, 0.2) is 0 Å². The third kappa shape index (κ3) is 3.73. The second-order valence-corrected chi connectivity index (χ2v) is 5.17. The first-order chi connectivity index (χ1) is 8.25. The zero-order valence-electron chi connectivity index (χ0n) is 11.0. The summed E-state index contributed by atoms with van der Waals surface area (Å²) in [5, 5.41) is 3.40. The second kappa shape index (κ2) is 6.05. The molecule has 4 nitrogen and oxygen atoms in total. The van der Waals surface area contributed by atoms with Crippen LogP contribution < -0.4 is 10.2 Å². The highest BCUT2D eigenvalue weighted by Crippen LogP contribution is 2.16. The van der Waals surface area contributed by atoms with Gasteiger partial charge in [-0.15, -0.1) is 0 Å². The standard InChI is InChI=1S/C13H24N4/c1-11(2)14-9-12-10-15-13(16-12)17-7-5-3-4-6-8-17/h10-11,14H,3-9H2,1-2H3,(H,15,16). The fraction of sp³-hybridized carbons (Fsp3) is 0.769. The van der Waals surface area contributed by atoms with Crippen molar-refractivity contribution in [2.45, 2.75) is 52.1 Å². The average molecular weight is 236 g/mol. The quantitative estimate of drug-likeness (QED) is 0.843. The van der Waals surface area contributed by atoms with E-state index < -0.39 is 0 Å². The van der Waals surface area contributed by atoms with Crippen molar-refractivity contribution in [2.75, 3.05) is 18.0 Å². The fourth-order valence-corrected chi connectivity index (χ4v) is 2.19. The Hall–Kier alpha value is -1.03. The molecule has 1 saturated heterocycles. The highest BCUT2D eigenvalue weighted by Gasteiger charge is 2.12. The number of hydrogen-bond donors (Lipinski definition) is 2. The number of nitrogens with one attached hydrogen (secondary N) is 2. The van der Waals surface area contributed by atoms with Gasteiger partial charge in [0.1, 0.15) is 0 Å². The van der Waals surface area contributed by atoms with E-state index in [1.54, 1.807) is 0 Å². The molecule has 0 bridgehead atoms. The number of aromatic amines is 1. The van der Waals surface area contributed by atoms with Crippen molar-refractivity contribution < 1.29 is 0 Å². The molecule has 17 heavy (non-hydrogen) atoms. The summed E-state index contributed by atoms with van der Waals surface area (Å²) in [6.45, 7) is 7.48. The molecule has 2 rings (SSSR count). The number of imidazole rings is 1. The van der Waals surface area contributed by atoms with Gasteiger partial charge < -0.3 is 15.2 Å². The first kappa shape index (κ1) is 12.4. The van der Waals surface area contributed by atoms with Gasteiger partial charge in [0.25, 0.3) is 0 Å². The summed E-state index contributed by atoms with van der Waals surface area (Å²) < 4.78 is 0. The minimum Gasteiger partial charge on any atom is -0.342 e. The van der Waals surface area contributed by atoms with E-state index in [0.717, 1.165) is 25.6 Å². The molecule has 1 aliphatic heterocycles. The SMILES string of the molecule is CC(C)NCc1cnc(N2CCCCCC2)[nH]1. The van der Waals surface area contributed by atoms with Gasteiger partial charge >= 0.3 is 0 Å². The van der Waals surface area contributed by atoms with Gasteiger partial charge in [-0.2, -0.15) is 0 Å². The van der Waals surface area contributed by atoms with Crippen LogP contribution in [0.2, 0.25) is 0 Å². The lowest BCUT2D eigenvalue weighted by Crippen LogP contribution is -2.25. The minimum atomic E-state index is 0.514. The Bertz CT molecular complexity index is 324. The monoisotopic (exact) mass is 236 g/mol. The molecule has 4 heteroatoms. The van der Waals surface area contributed by atoms with Gasteiger partial charge in [-0.25, -0.2) is 4.98 Å². The molecule has 0 radical (unpaired) electrons. The van der Waals surface area contributed by atoms with E-state index in [2.05, 4.69) is 34.0 Å². The molecule has 0 atom stereocenters. The van der Waals surface area contributed by atoms with Gasteiger partial charge in [0.2, 0.25) is 5.95 Å². The number of anilines is 1. The zero-order valence-corrected chi connectivity index (χ0v) is 11.0. The molecule has 1 aromatic rings. The third-order valence-corrected chi connectivity index (χ3v) is 3.22. The van der Waals surface area contributed by atoms with Crippen molar-refractivity contribution in [3.8, 4) is 0 Å². The largest absolute Gasteiger partial charge is 0.342 e. The molecule has 1 fully saturated rings. The van der Waals surface area contributed by atoms with E-state index in [0.29, 0.717) is 6.04 Å². The van der Waals surface area contributed by atoms with E-state index in [-0.39, 0.29) is 0 Å². The summed E-state index contributed by atoms with van der Waals surface area (Å²) in [4.78, 5) is 10.3. The highest BCUT2D eigenvalue weighted by molar-refractivity contribution is 5.31. The normalized spacial score (nSPS) is 17.5. The molecule has 2 heterocycles. The van der Waals surface area contributed by atoms with Crippen molar-refractivity contribution in [2.24, 2.45) is 0 Å². The van der Waals surface area contributed by atoms with E-state index >= 15 is 0 Å². The Balaban J connectivity index is 1.92. The first-order valence-electron chi connectivity index (χ1n) is 6.78. The average Bonchev–Trinajstić information content (AvgIpc) is 2.60. The van der Waals surface area contributed by atoms with Crippen LogP contribution in [0.15, 0.2) is 6.20 Å². The molecule has 96 valence electrons. The van der Waals surface area contributed by atoms with E-state index in [1.165, 1.54) is 31.4 Å².